The van der Waals surface area contributed by atoms with Crippen LogP contribution in [0.2, 0.25) is 5.02 Å². The van der Waals surface area contributed by atoms with Gasteiger partial charge in [-0.05, 0) is 25.1 Å². The molecule has 0 radical (unpaired) electrons. The van der Waals surface area contributed by atoms with E-state index in [9.17, 15) is 14.4 Å². The van der Waals surface area contributed by atoms with Crippen molar-refractivity contribution in [3.8, 4) is 0 Å². The Hall–Kier alpha value is -1.57. The maximum atomic E-state index is 12.4. The number of hydrogen-bond donors (Lipinski definition) is 1. The molecule has 0 spiro atoms. The Morgan fingerprint density at radius 3 is 2.91 bits per heavy atom. The molecule has 1 fully saturated rings. The van der Waals surface area contributed by atoms with Gasteiger partial charge in [-0.1, -0.05) is 17.7 Å². The zero-order chi connectivity index (χ0) is 17.0. The highest BCUT2D eigenvalue weighted by Crippen LogP contribution is 2.31. The van der Waals surface area contributed by atoms with E-state index in [1.54, 1.807) is 31.2 Å². The number of imide groups is 1. The van der Waals surface area contributed by atoms with Crippen LogP contribution in [0.5, 0.6) is 0 Å². The van der Waals surface area contributed by atoms with Gasteiger partial charge < -0.3 is 10.5 Å². The van der Waals surface area contributed by atoms with Gasteiger partial charge in [-0.15, -0.1) is 11.8 Å². The minimum Gasteiger partial charge on any atom is -0.465 e. The lowest BCUT2D eigenvalue weighted by Crippen LogP contribution is -2.36. The fourth-order valence-electron chi connectivity index (χ4n) is 2.16. The van der Waals surface area contributed by atoms with Gasteiger partial charge >= 0.3 is 5.97 Å². The van der Waals surface area contributed by atoms with Crippen LogP contribution in [-0.4, -0.2) is 41.4 Å². The summed E-state index contributed by atoms with van der Waals surface area (Å²) in [6.07, 6.45) is 0.0750. The van der Waals surface area contributed by atoms with Gasteiger partial charge in [0, 0.05) is 17.2 Å². The van der Waals surface area contributed by atoms with Crippen molar-refractivity contribution in [3.63, 3.8) is 0 Å². The average molecular weight is 357 g/mol. The molecule has 1 saturated heterocycles. The first-order valence-corrected chi connectivity index (χ1v) is 8.53. The number of rotatable bonds is 6. The first-order valence-electron chi connectivity index (χ1n) is 7.10. The second kappa shape index (κ2) is 7.81. The van der Waals surface area contributed by atoms with Crippen molar-refractivity contribution in [3.05, 3.63) is 29.3 Å². The minimum atomic E-state index is -0.817. The van der Waals surface area contributed by atoms with E-state index in [4.69, 9.17) is 22.1 Å². The van der Waals surface area contributed by atoms with Crippen LogP contribution in [0, 0.1) is 0 Å². The molecule has 0 saturated carbocycles. The molecule has 8 heteroatoms. The van der Waals surface area contributed by atoms with Crippen molar-refractivity contribution in [1.82, 2.24) is 0 Å². The number of ether oxygens (including phenoxy) is 1. The molecule has 2 N–H and O–H groups in total. The largest absolute Gasteiger partial charge is 0.465 e. The number of thioether (sulfide) groups is 1. The Bertz CT molecular complexity index is 625. The number of halogens is 1. The van der Waals surface area contributed by atoms with Crippen molar-refractivity contribution in [1.29, 1.82) is 0 Å². The molecule has 1 heterocycles. The van der Waals surface area contributed by atoms with Gasteiger partial charge in [-0.3, -0.25) is 14.4 Å². The van der Waals surface area contributed by atoms with Crippen LogP contribution < -0.4 is 10.6 Å². The molecule has 2 amide bonds. The number of esters is 1. The zero-order valence-corrected chi connectivity index (χ0v) is 14.1. The Morgan fingerprint density at radius 2 is 2.26 bits per heavy atom. The molecule has 23 heavy (non-hydrogen) atoms. The molecule has 1 aliphatic heterocycles. The predicted octanol–water partition coefficient (Wildman–Crippen LogP) is 1.60. The summed E-state index contributed by atoms with van der Waals surface area (Å²) in [5.41, 5.74) is 6.15. The fraction of sp³-hybridized carbons (Fsp3) is 0.400. The van der Waals surface area contributed by atoms with Gasteiger partial charge in [0.15, 0.2) is 0 Å². The smallest absolute Gasteiger partial charge is 0.323 e. The van der Waals surface area contributed by atoms with E-state index in [-0.39, 0.29) is 30.6 Å². The summed E-state index contributed by atoms with van der Waals surface area (Å²) in [7, 11) is 0. The first-order chi connectivity index (χ1) is 10.9. The van der Waals surface area contributed by atoms with E-state index in [0.29, 0.717) is 10.7 Å². The van der Waals surface area contributed by atoms with Gasteiger partial charge in [-0.25, -0.2) is 4.90 Å². The van der Waals surface area contributed by atoms with E-state index in [0.717, 1.165) is 4.90 Å². The van der Waals surface area contributed by atoms with Crippen LogP contribution in [0.3, 0.4) is 0 Å². The molecule has 0 aromatic heterocycles. The monoisotopic (exact) mass is 356 g/mol. The molecule has 2 rings (SSSR count). The molecule has 1 aliphatic rings. The van der Waals surface area contributed by atoms with E-state index in [1.165, 1.54) is 11.8 Å². The fourth-order valence-corrected chi connectivity index (χ4v) is 3.43. The molecule has 124 valence electrons. The Balaban J connectivity index is 2.00. The third kappa shape index (κ3) is 4.25. The molecular formula is C15H17ClN2O4S. The van der Waals surface area contributed by atoms with Gasteiger partial charge in [0.1, 0.15) is 6.04 Å². The van der Waals surface area contributed by atoms with Gasteiger partial charge in [-0.2, -0.15) is 0 Å². The first kappa shape index (κ1) is 17.8. The van der Waals surface area contributed by atoms with Crippen molar-refractivity contribution < 1.29 is 19.1 Å². The number of hydrogen-bond acceptors (Lipinski definition) is 6. The number of benzene rings is 1. The van der Waals surface area contributed by atoms with Gasteiger partial charge in [0.05, 0.1) is 17.5 Å². The summed E-state index contributed by atoms with van der Waals surface area (Å²) in [5.74, 6) is -0.910. The summed E-state index contributed by atoms with van der Waals surface area (Å²) < 4.78 is 4.82. The summed E-state index contributed by atoms with van der Waals surface area (Å²) in [6, 6.07) is 5.74. The zero-order valence-electron chi connectivity index (χ0n) is 12.5. The highest BCUT2D eigenvalue weighted by molar-refractivity contribution is 8.00. The standard InChI is InChI=1S/C15H17ClN2O4S/c1-2-22-15(21)11(17)8-23-12-7-13(19)18(14(12)20)10-5-3-4-9(16)6-10/h3-6,11-12H,2,7-8,17H2,1H3. The number of nitrogens with two attached hydrogens (primary N) is 1. The van der Waals surface area contributed by atoms with Crippen molar-refractivity contribution in [2.24, 2.45) is 5.73 Å². The summed E-state index contributed by atoms with van der Waals surface area (Å²) in [5, 5.41) is -0.106. The van der Waals surface area contributed by atoms with Gasteiger partial charge in [0.25, 0.3) is 0 Å². The van der Waals surface area contributed by atoms with Crippen LogP contribution in [0.4, 0.5) is 5.69 Å². The second-order valence-electron chi connectivity index (χ2n) is 4.93. The Labute approximate surface area is 143 Å². The SMILES string of the molecule is CCOC(=O)C(N)CSC1CC(=O)N(c2cccc(Cl)c2)C1=O. The third-order valence-electron chi connectivity index (χ3n) is 3.24. The number of carbonyl (C=O) groups excluding carboxylic acids is 3. The maximum absolute atomic E-state index is 12.4. The average Bonchev–Trinajstić information content (AvgIpc) is 2.79. The molecule has 2 atom stereocenters. The van der Waals surface area contributed by atoms with Crippen molar-refractivity contribution in [2.45, 2.75) is 24.6 Å². The van der Waals surface area contributed by atoms with Crippen LogP contribution in [0.25, 0.3) is 0 Å². The van der Waals surface area contributed by atoms with Crippen LogP contribution >= 0.6 is 23.4 Å². The molecule has 0 aliphatic carbocycles. The summed E-state index contributed by atoms with van der Waals surface area (Å²) in [6.45, 7) is 1.94. The molecule has 1 aromatic carbocycles. The minimum absolute atomic E-state index is 0.0750. The van der Waals surface area contributed by atoms with Crippen LogP contribution in [-0.2, 0) is 19.1 Å². The topological polar surface area (TPSA) is 89.7 Å². The van der Waals surface area contributed by atoms with E-state index < -0.39 is 17.3 Å². The lowest BCUT2D eigenvalue weighted by atomic mass is 10.3. The molecule has 0 bridgehead atoms. The molecule has 1 aromatic rings. The van der Waals surface area contributed by atoms with E-state index in [1.807, 2.05) is 0 Å². The molecule has 6 nitrogen and oxygen atoms in total. The number of anilines is 1. The number of carbonyl (C=O) groups is 3. The van der Waals surface area contributed by atoms with E-state index >= 15 is 0 Å². The maximum Gasteiger partial charge on any atom is 0.323 e. The highest BCUT2D eigenvalue weighted by atomic mass is 35.5. The normalized spacial score (nSPS) is 19.1. The highest BCUT2D eigenvalue weighted by Gasteiger charge is 2.40. The van der Waals surface area contributed by atoms with Crippen LogP contribution in [0.15, 0.2) is 24.3 Å². The quantitative estimate of drug-likeness (QED) is 0.615. The molecule has 2 unspecified atom stereocenters. The lowest BCUT2D eigenvalue weighted by Gasteiger charge is -2.16. The van der Waals surface area contributed by atoms with E-state index in [2.05, 4.69) is 0 Å². The van der Waals surface area contributed by atoms with Crippen molar-refractivity contribution >= 4 is 46.8 Å². The lowest BCUT2D eigenvalue weighted by molar-refractivity contribution is -0.144. The van der Waals surface area contributed by atoms with Gasteiger partial charge in [0.2, 0.25) is 11.8 Å². The van der Waals surface area contributed by atoms with Crippen LogP contribution in [0.1, 0.15) is 13.3 Å². The Morgan fingerprint density at radius 1 is 1.52 bits per heavy atom. The summed E-state index contributed by atoms with van der Waals surface area (Å²) in [4.78, 5) is 37.1. The second-order valence-corrected chi connectivity index (χ2v) is 6.60. The third-order valence-corrected chi connectivity index (χ3v) is 4.80. The number of amides is 2. The Kier molecular flexibility index (Phi) is 6.04. The summed E-state index contributed by atoms with van der Waals surface area (Å²) >= 11 is 7.09. The number of nitrogens with zero attached hydrogens (tertiary/aromatic N) is 1. The predicted molar refractivity (Wildman–Crippen MR) is 89.4 cm³/mol. The van der Waals surface area contributed by atoms with Crippen molar-refractivity contribution in [2.75, 3.05) is 17.3 Å². The molecular weight excluding hydrogens is 340 g/mol.